The summed E-state index contributed by atoms with van der Waals surface area (Å²) in [6, 6.07) is 0. The molecule has 1 saturated carbocycles. The number of rotatable bonds is 3. The third-order valence-corrected chi connectivity index (χ3v) is 2.53. The summed E-state index contributed by atoms with van der Waals surface area (Å²) < 4.78 is 35.2. The molecule has 0 amide bonds. The molecule has 1 nitrogen and oxygen atoms in total. The molecule has 72 valence electrons. The molecule has 0 spiro atoms. The summed E-state index contributed by atoms with van der Waals surface area (Å²) in [6.45, 7) is 1.89. The lowest BCUT2D eigenvalue weighted by Crippen LogP contribution is -2.17. The number of aliphatic hydroxyl groups is 1. The van der Waals surface area contributed by atoms with Crippen LogP contribution in [0.1, 0.15) is 32.6 Å². The van der Waals surface area contributed by atoms with Gasteiger partial charge in [-0.1, -0.05) is 13.3 Å². The van der Waals surface area contributed by atoms with Crippen molar-refractivity contribution in [2.45, 2.75) is 44.4 Å². The second-order valence-corrected chi connectivity index (χ2v) is 3.53. The average Bonchev–Trinajstić information content (AvgIpc) is 2.58. The number of alkyl halides is 3. The number of halogens is 3. The smallest absolute Gasteiger partial charge is 0.389 e. The summed E-state index contributed by atoms with van der Waals surface area (Å²) in [5.74, 6) is 0.0971. The molecule has 4 heteroatoms. The van der Waals surface area contributed by atoms with E-state index in [-0.39, 0.29) is 12.3 Å². The van der Waals surface area contributed by atoms with Gasteiger partial charge in [0, 0.05) is 6.42 Å². The molecule has 0 heterocycles. The molecule has 1 fully saturated rings. The van der Waals surface area contributed by atoms with E-state index in [4.69, 9.17) is 0 Å². The molecular formula is C8H13F3O. The zero-order chi connectivity index (χ0) is 9.41. The molecule has 1 aliphatic rings. The highest BCUT2D eigenvalue weighted by Crippen LogP contribution is 2.49. The Hall–Kier alpha value is -0.250. The van der Waals surface area contributed by atoms with Gasteiger partial charge in [0.2, 0.25) is 0 Å². The second-order valence-electron chi connectivity index (χ2n) is 3.53. The molecule has 12 heavy (non-hydrogen) atoms. The molecule has 0 radical (unpaired) electrons. The van der Waals surface area contributed by atoms with Crippen LogP contribution in [-0.2, 0) is 0 Å². The Morgan fingerprint density at radius 1 is 1.50 bits per heavy atom. The Bertz CT molecular complexity index is 166. The molecule has 2 unspecified atom stereocenters. The Morgan fingerprint density at radius 3 is 2.42 bits per heavy atom. The van der Waals surface area contributed by atoms with Crippen LogP contribution in [0.3, 0.4) is 0 Å². The Kier molecular flexibility index (Phi) is 2.38. The molecule has 1 aliphatic carbocycles. The fraction of sp³-hybridized carbons (Fsp3) is 1.00. The normalized spacial score (nSPS) is 35.2. The van der Waals surface area contributed by atoms with E-state index in [1.54, 1.807) is 0 Å². The largest absolute Gasteiger partial charge is 0.390 e. The second kappa shape index (κ2) is 2.91. The summed E-state index contributed by atoms with van der Waals surface area (Å²) in [5.41, 5.74) is -0.996. The minimum absolute atomic E-state index is 0.0971. The van der Waals surface area contributed by atoms with E-state index in [0.717, 1.165) is 6.42 Å². The van der Waals surface area contributed by atoms with Crippen molar-refractivity contribution in [3.63, 3.8) is 0 Å². The van der Waals surface area contributed by atoms with Crippen LogP contribution in [0.25, 0.3) is 0 Å². The third-order valence-electron chi connectivity index (χ3n) is 2.53. The van der Waals surface area contributed by atoms with Crippen LogP contribution in [-0.4, -0.2) is 16.9 Å². The van der Waals surface area contributed by atoms with E-state index in [1.807, 2.05) is 6.92 Å². The maximum absolute atomic E-state index is 11.7. The summed E-state index contributed by atoms with van der Waals surface area (Å²) in [4.78, 5) is 0. The van der Waals surface area contributed by atoms with Crippen LogP contribution in [0.5, 0.6) is 0 Å². The lowest BCUT2D eigenvalue weighted by atomic mass is 10.1. The van der Waals surface area contributed by atoms with Crippen LogP contribution in [0.15, 0.2) is 0 Å². The highest BCUT2D eigenvalue weighted by atomic mass is 19.4. The lowest BCUT2D eigenvalue weighted by Gasteiger charge is -2.11. The minimum Gasteiger partial charge on any atom is -0.390 e. The Labute approximate surface area is 69.6 Å². The van der Waals surface area contributed by atoms with Gasteiger partial charge in [0.1, 0.15) is 0 Å². The predicted molar refractivity (Wildman–Crippen MR) is 38.6 cm³/mol. The first kappa shape index (κ1) is 9.84. The van der Waals surface area contributed by atoms with Crippen molar-refractivity contribution < 1.29 is 18.3 Å². The number of hydrogen-bond acceptors (Lipinski definition) is 1. The zero-order valence-electron chi connectivity index (χ0n) is 6.99. The zero-order valence-corrected chi connectivity index (χ0v) is 6.99. The van der Waals surface area contributed by atoms with Gasteiger partial charge in [0.05, 0.1) is 5.60 Å². The predicted octanol–water partition coefficient (Wildman–Crippen LogP) is 2.49. The van der Waals surface area contributed by atoms with Gasteiger partial charge in [-0.15, -0.1) is 0 Å². The minimum atomic E-state index is -4.13. The Morgan fingerprint density at radius 2 is 2.08 bits per heavy atom. The highest BCUT2D eigenvalue weighted by Gasteiger charge is 2.52. The van der Waals surface area contributed by atoms with Crippen molar-refractivity contribution in [1.29, 1.82) is 0 Å². The van der Waals surface area contributed by atoms with Crippen LogP contribution >= 0.6 is 0 Å². The van der Waals surface area contributed by atoms with Crippen molar-refractivity contribution >= 4 is 0 Å². The average molecular weight is 182 g/mol. The van der Waals surface area contributed by atoms with Gasteiger partial charge in [-0.3, -0.25) is 0 Å². The number of hydrogen-bond donors (Lipinski definition) is 1. The molecule has 0 aromatic carbocycles. The van der Waals surface area contributed by atoms with Crippen LogP contribution < -0.4 is 0 Å². The van der Waals surface area contributed by atoms with Crippen LogP contribution in [0.4, 0.5) is 13.2 Å². The molecule has 0 bridgehead atoms. The molecule has 0 aromatic heterocycles. The topological polar surface area (TPSA) is 20.2 Å². The van der Waals surface area contributed by atoms with Gasteiger partial charge in [-0.05, 0) is 18.8 Å². The van der Waals surface area contributed by atoms with Gasteiger partial charge in [0.25, 0.3) is 0 Å². The molecule has 0 aliphatic heterocycles. The van der Waals surface area contributed by atoms with Crippen LogP contribution in [0.2, 0.25) is 0 Å². The van der Waals surface area contributed by atoms with Gasteiger partial charge in [-0.2, -0.15) is 13.2 Å². The SMILES string of the molecule is CCC1CC1(O)CCC(F)(F)F. The molecule has 2 atom stereocenters. The Balaban J connectivity index is 2.25. The van der Waals surface area contributed by atoms with Gasteiger partial charge in [0.15, 0.2) is 0 Å². The van der Waals surface area contributed by atoms with Crippen molar-refractivity contribution in [2.75, 3.05) is 0 Å². The molecule has 1 N–H and O–H groups in total. The van der Waals surface area contributed by atoms with Crippen molar-refractivity contribution in [3.8, 4) is 0 Å². The third kappa shape index (κ3) is 2.37. The highest BCUT2D eigenvalue weighted by molar-refractivity contribution is 5.02. The monoisotopic (exact) mass is 182 g/mol. The van der Waals surface area contributed by atoms with E-state index < -0.39 is 18.2 Å². The summed E-state index contributed by atoms with van der Waals surface area (Å²) >= 11 is 0. The van der Waals surface area contributed by atoms with Crippen molar-refractivity contribution in [3.05, 3.63) is 0 Å². The fourth-order valence-corrected chi connectivity index (χ4v) is 1.56. The summed E-state index contributed by atoms with van der Waals surface area (Å²) in [7, 11) is 0. The van der Waals surface area contributed by atoms with E-state index in [1.165, 1.54) is 0 Å². The van der Waals surface area contributed by atoms with Crippen LogP contribution in [0, 0.1) is 5.92 Å². The van der Waals surface area contributed by atoms with Crippen molar-refractivity contribution in [1.82, 2.24) is 0 Å². The molecular weight excluding hydrogens is 169 g/mol. The van der Waals surface area contributed by atoms with Gasteiger partial charge < -0.3 is 5.11 Å². The lowest BCUT2D eigenvalue weighted by molar-refractivity contribution is -0.141. The first-order valence-electron chi connectivity index (χ1n) is 4.16. The van der Waals surface area contributed by atoms with E-state index in [0.29, 0.717) is 6.42 Å². The first-order valence-corrected chi connectivity index (χ1v) is 4.16. The molecule has 0 saturated heterocycles. The van der Waals surface area contributed by atoms with Crippen molar-refractivity contribution in [2.24, 2.45) is 5.92 Å². The van der Waals surface area contributed by atoms with E-state index in [2.05, 4.69) is 0 Å². The maximum atomic E-state index is 11.7. The molecule has 1 rings (SSSR count). The van der Waals surface area contributed by atoms with Gasteiger partial charge in [-0.25, -0.2) is 0 Å². The first-order chi connectivity index (χ1) is 5.37. The fourth-order valence-electron chi connectivity index (χ4n) is 1.56. The summed E-state index contributed by atoms with van der Waals surface area (Å²) in [5, 5.41) is 9.45. The van der Waals surface area contributed by atoms with E-state index in [9.17, 15) is 18.3 Å². The quantitative estimate of drug-likeness (QED) is 0.710. The standard InChI is InChI=1S/C8H13F3O/c1-2-6-5-7(6,12)3-4-8(9,10)11/h6,12H,2-5H2,1H3. The van der Waals surface area contributed by atoms with E-state index >= 15 is 0 Å². The maximum Gasteiger partial charge on any atom is 0.389 e. The van der Waals surface area contributed by atoms with Gasteiger partial charge >= 0.3 is 6.18 Å². The molecule has 0 aromatic rings. The summed E-state index contributed by atoms with van der Waals surface area (Å²) in [6.07, 6.45) is -3.81.